The molecule has 2 heterocycles. The predicted octanol–water partition coefficient (Wildman–Crippen LogP) is -0.0153. The van der Waals surface area contributed by atoms with E-state index in [1.54, 1.807) is 0 Å². The molecule has 5 nitrogen and oxygen atoms in total. The van der Waals surface area contributed by atoms with Gasteiger partial charge in [0.15, 0.2) is 0 Å². The number of nitrogens with zero attached hydrogens (tertiary/aromatic N) is 1. The van der Waals surface area contributed by atoms with Crippen molar-refractivity contribution in [1.82, 2.24) is 9.55 Å². The summed E-state index contributed by atoms with van der Waals surface area (Å²) < 4.78 is 26.5. The molecule has 1 saturated heterocycles. The van der Waals surface area contributed by atoms with Crippen molar-refractivity contribution >= 4 is 0 Å². The Morgan fingerprint density at radius 2 is 2.50 bits per heavy atom. The van der Waals surface area contributed by atoms with Crippen molar-refractivity contribution in [3.63, 3.8) is 0 Å². The minimum atomic E-state index is -1.06. The lowest BCUT2D eigenvalue weighted by Gasteiger charge is -2.11. The van der Waals surface area contributed by atoms with E-state index in [0.717, 1.165) is 10.8 Å². The average Bonchev–Trinajstić information content (AvgIpc) is 2.58. The highest BCUT2D eigenvalue weighted by Gasteiger charge is 2.19. The maximum absolute atomic E-state index is 12.9. The Hall–Kier alpha value is -1.43. The molecule has 0 spiro atoms. The Kier molecular flexibility index (Phi) is 1.91. The smallest absolute Gasteiger partial charge is 0.330 e. The third-order valence-electron chi connectivity index (χ3n) is 1.97. The monoisotopic (exact) mass is 201 g/mol. The molecule has 0 amide bonds. The van der Waals surface area contributed by atoms with E-state index >= 15 is 0 Å². The zero-order valence-corrected chi connectivity index (χ0v) is 7.20. The summed E-state index contributed by atoms with van der Waals surface area (Å²) in [6.45, 7) is 0.353. The molecule has 1 aromatic heterocycles. The van der Waals surface area contributed by atoms with Gasteiger partial charge in [0.25, 0.3) is 5.56 Å². The van der Waals surface area contributed by atoms with Crippen molar-refractivity contribution in [2.24, 2.45) is 0 Å². The van der Waals surface area contributed by atoms with Gasteiger partial charge in [0, 0.05) is 7.98 Å². The fourth-order valence-electron chi connectivity index (χ4n) is 1.31. The zero-order valence-electron chi connectivity index (χ0n) is 8.20. The van der Waals surface area contributed by atoms with Crippen molar-refractivity contribution in [3.8, 4) is 0 Å². The maximum atomic E-state index is 12.9. The lowest BCUT2D eigenvalue weighted by Crippen LogP contribution is -2.33. The van der Waals surface area contributed by atoms with Crippen molar-refractivity contribution in [3.05, 3.63) is 32.9 Å². The second kappa shape index (κ2) is 3.38. The van der Waals surface area contributed by atoms with E-state index < -0.39 is 29.7 Å². The Morgan fingerprint density at radius 3 is 3.14 bits per heavy atom. The van der Waals surface area contributed by atoms with Gasteiger partial charge in [-0.3, -0.25) is 14.3 Å². The summed E-state index contributed by atoms with van der Waals surface area (Å²) in [5.74, 6) is -1.06. The summed E-state index contributed by atoms with van der Waals surface area (Å²) in [6, 6.07) is 0. The quantitative estimate of drug-likeness (QED) is 0.694. The normalized spacial score (nSPS) is 27.6. The number of rotatable bonds is 1. The van der Waals surface area contributed by atoms with Crippen LogP contribution in [-0.2, 0) is 4.74 Å². The molecule has 1 fully saturated rings. The van der Waals surface area contributed by atoms with Gasteiger partial charge >= 0.3 is 5.69 Å². The molecule has 1 aliphatic rings. The Bertz CT molecular complexity index is 484. The first-order chi connectivity index (χ1) is 7.09. The number of ether oxygens (including phenoxy) is 1. The number of H-pyrrole nitrogens is 1. The minimum absolute atomic E-state index is 0.353. The molecule has 2 unspecified atom stereocenters. The van der Waals surface area contributed by atoms with E-state index in [0.29, 0.717) is 13.0 Å². The maximum Gasteiger partial charge on any atom is 0.330 e. The number of halogens is 1. The van der Waals surface area contributed by atoms with Crippen LogP contribution in [0.25, 0.3) is 0 Å². The minimum Gasteiger partial charge on any atom is -0.358 e. The summed E-state index contributed by atoms with van der Waals surface area (Å²) >= 11 is 0. The Balaban J connectivity index is 2.48. The van der Waals surface area contributed by atoms with Crippen LogP contribution in [0.5, 0.6) is 0 Å². The van der Waals surface area contributed by atoms with Crippen LogP contribution in [0.3, 0.4) is 0 Å². The molecule has 1 N–H and O–H groups in total. The van der Waals surface area contributed by atoms with E-state index in [1.807, 2.05) is 4.98 Å². The van der Waals surface area contributed by atoms with E-state index in [-0.39, 0.29) is 0 Å². The van der Waals surface area contributed by atoms with Gasteiger partial charge in [-0.25, -0.2) is 4.79 Å². The Morgan fingerprint density at radius 1 is 1.71 bits per heavy atom. The van der Waals surface area contributed by atoms with Gasteiger partial charge in [-0.2, -0.15) is 4.39 Å². The highest BCUT2D eigenvalue weighted by atomic mass is 19.1. The SMILES string of the molecule is [2H]C1CCOC1n1cc(F)c(=O)[nH]c1=O. The molecule has 2 rings (SSSR count). The van der Waals surface area contributed by atoms with Crippen LogP contribution in [0, 0.1) is 5.82 Å². The molecule has 0 saturated carbocycles. The van der Waals surface area contributed by atoms with Gasteiger partial charge in [0.05, 0.1) is 6.20 Å². The van der Waals surface area contributed by atoms with Gasteiger partial charge in [0.1, 0.15) is 6.23 Å². The third-order valence-corrected chi connectivity index (χ3v) is 1.97. The number of aromatic nitrogens is 2. The molecule has 2 atom stereocenters. The van der Waals surface area contributed by atoms with E-state index in [9.17, 15) is 14.0 Å². The fourth-order valence-corrected chi connectivity index (χ4v) is 1.31. The first-order valence-corrected chi connectivity index (χ1v) is 4.14. The molecule has 76 valence electrons. The molecule has 14 heavy (non-hydrogen) atoms. The van der Waals surface area contributed by atoms with Crippen LogP contribution in [0.2, 0.25) is 0 Å². The second-order valence-corrected chi connectivity index (χ2v) is 2.93. The van der Waals surface area contributed by atoms with E-state index in [4.69, 9.17) is 6.11 Å². The highest BCUT2D eigenvalue weighted by Crippen LogP contribution is 2.20. The van der Waals surface area contributed by atoms with Gasteiger partial charge in [-0.15, -0.1) is 0 Å². The molecule has 0 radical (unpaired) electrons. The van der Waals surface area contributed by atoms with Crippen LogP contribution in [0.1, 0.15) is 20.4 Å². The molecule has 0 aromatic carbocycles. The summed E-state index contributed by atoms with van der Waals surface area (Å²) in [5.41, 5.74) is -1.82. The number of hydrogen-bond donors (Lipinski definition) is 1. The summed E-state index contributed by atoms with van der Waals surface area (Å²) in [5, 5.41) is 0. The van der Waals surface area contributed by atoms with Gasteiger partial charge in [-0.1, -0.05) is 0 Å². The van der Waals surface area contributed by atoms with Crippen LogP contribution >= 0.6 is 0 Å². The third kappa shape index (κ3) is 1.48. The van der Waals surface area contributed by atoms with Crippen LogP contribution in [0.4, 0.5) is 4.39 Å². The lowest BCUT2D eigenvalue weighted by molar-refractivity contribution is 0.0517. The topological polar surface area (TPSA) is 64.1 Å². The fraction of sp³-hybridized carbons (Fsp3) is 0.500. The average molecular weight is 201 g/mol. The first-order valence-electron chi connectivity index (χ1n) is 4.72. The molecule has 0 aliphatic carbocycles. The molecule has 0 bridgehead atoms. The summed E-state index contributed by atoms with van der Waals surface area (Å²) in [6.07, 6.45) is -0.173. The van der Waals surface area contributed by atoms with Gasteiger partial charge < -0.3 is 4.74 Å². The summed E-state index contributed by atoms with van der Waals surface area (Å²) in [4.78, 5) is 23.9. The lowest BCUT2D eigenvalue weighted by atomic mass is 10.3. The number of nitrogens with one attached hydrogen (secondary N) is 1. The van der Waals surface area contributed by atoms with E-state index in [1.165, 1.54) is 0 Å². The van der Waals surface area contributed by atoms with Crippen molar-refractivity contribution in [2.75, 3.05) is 6.61 Å². The van der Waals surface area contributed by atoms with Crippen LogP contribution in [0.15, 0.2) is 15.8 Å². The molecule has 1 aromatic rings. The highest BCUT2D eigenvalue weighted by molar-refractivity contribution is 4.88. The standard InChI is InChI=1S/C8H9FN2O3/c9-5-4-11(6-2-1-3-14-6)8(13)10-7(5)12/h4,6H,1-3H2,(H,10,12,13)/i2D. The summed E-state index contributed by atoms with van der Waals surface area (Å²) in [7, 11) is 0. The van der Waals surface area contributed by atoms with Crippen LogP contribution < -0.4 is 11.2 Å². The van der Waals surface area contributed by atoms with Crippen molar-refractivity contribution in [1.29, 1.82) is 0 Å². The van der Waals surface area contributed by atoms with Gasteiger partial charge in [-0.05, 0) is 12.8 Å². The number of hydrogen-bond acceptors (Lipinski definition) is 3. The molecular weight excluding hydrogens is 191 g/mol. The molecule has 6 heteroatoms. The Labute approximate surface area is 79.5 Å². The van der Waals surface area contributed by atoms with Crippen LogP contribution in [-0.4, -0.2) is 16.2 Å². The van der Waals surface area contributed by atoms with Crippen molar-refractivity contribution < 1.29 is 10.5 Å². The molecule has 1 aliphatic heterocycles. The molecular formula is C8H9FN2O3. The van der Waals surface area contributed by atoms with E-state index in [2.05, 4.69) is 0 Å². The first kappa shape index (κ1) is 7.93. The van der Waals surface area contributed by atoms with Gasteiger partial charge in [0.2, 0.25) is 5.82 Å². The second-order valence-electron chi connectivity index (χ2n) is 2.93. The van der Waals surface area contributed by atoms with Crippen molar-refractivity contribution in [2.45, 2.75) is 19.0 Å². The largest absolute Gasteiger partial charge is 0.358 e. The number of aromatic amines is 1. The zero-order chi connectivity index (χ0) is 11.0. The predicted molar refractivity (Wildman–Crippen MR) is 45.5 cm³/mol.